The van der Waals surface area contributed by atoms with Gasteiger partial charge in [-0.25, -0.2) is 0 Å². The van der Waals surface area contributed by atoms with Gasteiger partial charge in [-0.05, 0) is 37.6 Å². The standard InChI is InChI=1S/C17H25ClN2O2/c1-4-5-15(10-20-11-16(21)12(20)2)19(3)17(22)13-6-8-14(18)9-7-13/h6-9,12,15-16,21H,4-5,10-11H2,1-3H3/t12-,15?,16-/m0/s1. The number of carbonyl (C=O) groups is 1. The summed E-state index contributed by atoms with van der Waals surface area (Å²) in [6.45, 7) is 5.66. The lowest BCUT2D eigenvalue weighted by molar-refractivity contribution is -0.0614. The second-order valence-electron chi connectivity index (χ2n) is 6.13. The summed E-state index contributed by atoms with van der Waals surface area (Å²) in [6.07, 6.45) is 1.74. The predicted octanol–water partition coefficient (Wildman–Crippen LogP) is 2.65. The Labute approximate surface area is 137 Å². The molecule has 1 aliphatic rings. The molecule has 4 nitrogen and oxygen atoms in total. The fourth-order valence-corrected chi connectivity index (χ4v) is 3.00. The summed E-state index contributed by atoms with van der Waals surface area (Å²) >= 11 is 5.88. The van der Waals surface area contributed by atoms with E-state index < -0.39 is 0 Å². The van der Waals surface area contributed by atoms with Gasteiger partial charge in [0.1, 0.15) is 0 Å². The van der Waals surface area contributed by atoms with Gasteiger partial charge in [-0.3, -0.25) is 9.69 Å². The summed E-state index contributed by atoms with van der Waals surface area (Å²) in [4.78, 5) is 16.7. The molecular weight excluding hydrogens is 300 g/mol. The van der Waals surface area contributed by atoms with E-state index in [1.54, 1.807) is 24.3 Å². The van der Waals surface area contributed by atoms with Crippen molar-refractivity contribution in [2.75, 3.05) is 20.1 Å². The number of likely N-dealkylation sites (tertiary alicyclic amines) is 1. The van der Waals surface area contributed by atoms with Gasteiger partial charge in [0, 0.05) is 42.8 Å². The average molecular weight is 325 g/mol. The van der Waals surface area contributed by atoms with Gasteiger partial charge in [0.25, 0.3) is 5.91 Å². The minimum absolute atomic E-state index is 0.0174. The van der Waals surface area contributed by atoms with E-state index in [2.05, 4.69) is 11.8 Å². The van der Waals surface area contributed by atoms with Crippen LogP contribution >= 0.6 is 11.6 Å². The molecule has 0 saturated carbocycles. The molecule has 3 atom stereocenters. The molecule has 1 fully saturated rings. The van der Waals surface area contributed by atoms with Gasteiger partial charge in [0.05, 0.1) is 6.10 Å². The van der Waals surface area contributed by atoms with E-state index in [9.17, 15) is 9.90 Å². The highest BCUT2D eigenvalue weighted by molar-refractivity contribution is 6.30. The van der Waals surface area contributed by atoms with E-state index in [1.165, 1.54) is 0 Å². The Kier molecular flexibility index (Phi) is 5.84. The van der Waals surface area contributed by atoms with Crippen LogP contribution in [0.5, 0.6) is 0 Å². The largest absolute Gasteiger partial charge is 0.390 e. The number of hydrogen-bond donors (Lipinski definition) is 1. The third-order valence-corrected chi connectivity index (χ3v) is 4.83. The first-order chi connectivity index (χ1) is 10.4. The topological polar surface area (TPSA) is 43.8 Å². The second-order valence-corrected chi connectivity index (χ2v) is 6.56. The molecule has 0 aliphatic carbocycles. The van der Waals surface area contributed by atoms with Crippen LogP contribution in [0.4, 0.5) is 0 Å². The number of aliphatic hydroxyl groups is 1. The van der Waals surface area contributed by atoms with Crippen LogP contribution in [0.2, 0.25) is 5.02 Å². The van der Waals surface area contributed by atoms with Gasteiger partial charge < -0.3 is 10.0 Å². The van der Waals surface area contributed by atoms with E-state index in [1.807, 2.05) is 18.9 Å². The van der Waals surface area contributed by atoms with Crippen LogP contribution in [0.1, 0.15) is 37.0 Å². The molecule has 0 spiro atoms. The zero-order chi connectivity index (χ0) is 16.3. The molecule has 5 heteroatoms. The highest BCUT2D eigenvalue weighted by Gasteiger charge is 2.36. The van der Waals surface area contributed by atoms with Gasteiger partial charge >= 0.3 is 0 Å². The number of benzene rings is 1. The van der Waals surface area contributed by atoms with Gasteiger partial charge in [0.2, 0.25) is 0 Å². The predicted molar refractivity (Wildman–Crippen MR) is 89.3 cm³/mol. The van der Waals surface area contributed by atoms with Gasteiger partial charge in [0.15, 0.2) is 0 Å². The van der Waals surface area contributed by atoms with Crippen LogP contribution in [-0.4, -0.2) is 59.1 Å². The summed E-state index contributed by atoms with van der Waals surface area (Å²) in [5.41, 5.74) is 0.657. The number of β-amino-alcohol motifs (C(OH)–C–C–N with tert-alkyl or cyclic N) is 1. The lowest BCUT2D eigenvalue weighted by Gasteiger charge is -2.46. The number of halogens is 1. The number of nitrogens with zero attached hydrogens (tertiary/aromatic N) is 2. The summed E-state index contributed by atoms with van der Waals surface area (Å²) < 4.78 is 0. The fourth-order valence-electron chi connectivity index (χ4n) is 2.88. The van der Waals surface area contributed by atoms with E-state index in [-0.39, 0.29) is 24.1 Å². The first-order valence-electron chi connectivity index (χ1n) is 7.88. The molecule has 122 valence electrons. The molecule has 1 aliphatic heterocycles. The van der Waals surface area contributed by atoms with Crippen LogP contribution in [0, 0.1) is 0 Å². The smallest absolute Gasteiger partial charge is 0.253 e. The highest BCUT2D eigenvalue weighted by Crippen LogP contribution is 2.21. The Bertz CT molecular complexity index is 506. The third-order valence-electron chi connectivity index (χ3n) is 4.58. The Hall–Kier alpha value is -1.10. The van der Waals surface area contributed by atoms with Gasteiger partial charge in [-0.15, -0.1) is 0 Å². The van der Waals surface area contributed by atoms with Gasteiger partial charge in [-0.2, -0.15) is 0 Å². The molecular formula is C17H25ClN2O2. The Morgan fingerprint density at radius 2 is 2.09 bits per heavy atom. The minimum Gasteiger partial charge on any atom is -0.390 e. The van der Waals surface area contributed by atoms with Crippen molar-refractivity contribution in [1.29, 1.82) is 0 Å². The van der Waals surface area contributed by atoms with Gasteiger partial charge in [-0.1, -0.05) is 24.9 Å². The summed E-state index contributed by atoms with van der Waals surface area (Å²) in [6, 6.07) is 7.35. The molecule has 1 aromatic rings. The lowest BCUT2D eigenvalue weighted by Crippen LogP contribution is -2.61. The van der Waals surface area contributed by atoms with Crippen LogP contribution in [0.25, 0.3) is 0 Å². The maximum absolute atomic E-state index is 12.6. The van der Waals surface area contributed by atoms with Crippen molar-refractivity contribution in [2.24, 2.45) is 0 Å². The maximum Gasteiger partial charge on any atom is 0.253 e. The highest BCUT2D eigenvalue weighted by atomic mass is 35.5. The normalized spacial score (nSPS) is 23.0. The average Bonchev–Trinajstić information content (AvgIpc) is 2.52. The Morgan fingerprint density at radius 1 is 1.45 bits per heavy atom. The van der Waals surface area contributed by atoms with E-state index >= 15 is 0 Å². The monoisotopic (exact) mass is 324 g/mol. The molecule has 1 unspecified atom stereocenters. The van der Waals surface area contributed by atoms with Crippen molar-refractivity contribution in [3.05, 3.63) is 34.9 Å². The molecule has 1 amide bonds. The van der Waals surface area contributed by atoms with E-state index in [4.69, 9.17) is 11.6 Å². The van der Waals surface area contributed by atoms with Crippen molar-refractivity contribution < 1.29 is 9.90 Å². The SMILES string of the molecule is CCCC(CN1C[C@H](O)[C@@H]1C)N(C)C(=O)c1ccc(Cl)cc1. The number of carbonyl (C=O) groups excluding carboxylic acids is 1. The molecule has 2 rings (SSSR count). The second kappa shape index (κ2) is 7.44. The summed E-state index contributed by atoms with van der Waals surface area (Å²) in [5, 5.41) is 10.3. The van der Waals surface area contributed by atoms with Crippen molar-refractivity contribution in [3.8, 4) is 0 Å². The third kappa shape index (κ3) is 3.80. The molecule has 1 heterocycles. The van der Waals surface area contributed by atoms with E-state index in [0.717, 1.165) is 19.4 Å². The fraction of sp³-hybridized carbons (Fsp3) is 0.588. The van der Waals surface area contributed by atoms with Crippen molar-refractivity contribution in [2.45, 2.75) is 44.9 Å². The molecule has 1 saturated heterocycles. The first-order valence-corrected chi connectivity index (χ1v) is 8.26. The number of aliphatic hydroxyl groups excluding tert-OH is 1. The Balaban J connectivity index is 2.03. The molecule has 0 radical (unpaired) electrons. The van der Waals surface area contributed by atoms with Crippen molar-refractivity contribution in [1.82, 2.24) is 9.80 Å². The number of likely N-dealkylation sites (N-methyl/N-ethyl adjacent to an activating group) is 1. The molecule has 0 bridgehead atoms. The number of rotatable bonds is 6. The van der Waals surface area contributed by atoms with Crippen LogP contribution < -0.4 is 0 Å². The van der Waals surface area contributed by atoms with Crippen molar-refractivity contribution in [3.63, 3.8) is 0 Å². The van der Waals surface area contributed by atoms with Crippen LogP contribution in [-0.2, 0) is 0 Å². The molecule has 22 heavy (non-hydrogen) atoms. The molecule has 1 aromatic carbocycles. The number of hydrogen-bond acceptors (Lipinski definition) is 3. The molecule has 1 N–H and O–H groups in total. The maximum atomic E-state index is 12.6. The van der Waals surface area contributed by atoms with E-state index in [0.29, 0.717) is 17.1 Å². The summed E-state index contributed by atoms with van der Waals surface area (Å²) in [5.74, 6) is 0.0174. The quantitative estimate of drug-likeness (QED) is 0.875. The lowest BCUT2D eigenvalue weighted by atomic mass is 9.98. The number of amides is 1. The summed E-state index contributed by atoms with van der Waals surface area (Å²) in [7, 11) is 1.86. The van der Waals surface area contributed by atoms with Crippen molar-refractivity contribution >= 4 is 17.5 Å². The molecule has 0 aromatic heterocycles. The van der Waals surface area contributed by atoms with Crippen LogP contribution in [0.15, 0.2) is 24.3 Å². The Morgan fingerprint density at radius 3 is 2.59 bits per heavy atom. The first kappa shape index (κ1) is 17.3. The minimum atomic E-state index is -0.237. The zero-order valence-electron chi connectivity index (χ0n) is 13.5. The zero-order valence-corrected chi connectivity index (χ0v) is 14.3. The van der Waals surface area contributed by atoms with Crippen LogP contribution in [0.3, 0.4) is 0 Å².